The normalized spacial score (nSPS) is 11.2. The maximum atomic E-state index is 13.4. The maximum absolute atomic E-state index is 13.4. The maximum Gasteiger partial charge on any atom is 0.245 e. The van der Waals surface area contributed by atoms with Crippen molar-refractivity contribution in [2.75, 3.05) is 0 Å². The van der Waals surface area contributed by atoms with Gasteiger partial charge in [0.15, 0.2) is 5.76 Å². The second-order valence-corrected chi connectivity index (χ2v) is 7.76. The summed E-state index contributed by atoms with van der Waals surface area (Å²) in [7, 11) is 0. The number of carbonyl (C=O) groups excluding carboxylic acids is 1. The number of ketones is 1. The third kappa shape index (κ3) is 3.63. The summed E-state index contributed by atoms with van der Waals surface area (Å²) in [5.41, 5.74) is 2.81. The molecule has 0 unspecified atom stereocenters. The number of oxazole rings is 1. The summed E-state index contributed by atoms with van der Waals surface area (Å²) in [6, 6.07) is 20.5. The minimum absolute atomic E-state index is 0.108. The van der Waals surface area contributed by atoms with Crippen molar-refractivity contribution in [2.45, 2.75) is 6.54 Å². The van der Waals surface area contributed by atoms with Crippen molar-refractivity contribution in [3.8, 4) is 11.6 Å². The molecule has 0 saturated heterocycles. The first-order valence-corrected chi connectivity index (χ1v) is 10.3. The number of halogens is 2. The Kier molecular flexibility index (Phi) is 5.06. The lowest BCUT2D eigenvalue weighted by Crippen LogP contribution is -2.03. The summed E-state index contributed by atoms with van der Waals surface area (Å²) in [5.74, 6) is 0.0626. The number of fused-ring (bicyclic) bond motifs is 1. The molecule has 0 saturated carbocycles. The number of hydrogen-bond acceptors (Lipinski definition) is 4. The van der Waals surface area contributed by atoms with Gasteiger partial charge in [0.25, 0.3) is 0 Å². The van der Waals surface area contributed by atoms with E-state index in [0.29, 0.717) is 28.0 Å². The van der Waals surface area contributed by atoms with Gasteiger partial charge in [-0.3, -0.25) is 9.78 Å². The number of benzene rings is 2. The molecule has 3 aromatic heterocycles. The zero-order valence-electron chi connectivity index (χ0n) is 16.1. The lowest BCUT2D eigenvalue weighted by atomic mass is 10.1. The summed E-state index contributed by atoms with van der Waals surface area (Å²) in [6.45, 7) is 0.499. The first-order valence-electron chi connectivity index (χ1n) is 9.55. The van der Waals surface area contributed by atoms with Gasteiger partial charge in [-0.25, -0.2) is 4.98 Å². The summed E-state index contributed by atoms with van der Waals surface area (Å²) < 4.78 is 7.63. The molecule has 2 aromatic carbocycles. The predicted octanol–water partition coefficient (Wildman–Crippen LogP) is 6.28. The van der Waals surface area contributed by atoms with Crippen LogP contribution in [0.5, 0.6) is 0 Å². The number of hydrogen-bond donors (Lipinski definition) is 0. The fourth-order valence-corrected chi connectivity index (χ4v) is 3.99. The van der Waals surface area contributed by atoms with Crippen molar-refractivity contribution in [2.24, 2.45) is 0 Å². The summed E-state index contributed by atoms with van der Waals surface area (Å²) in [4.78, 5) is 21.8. The van der Waals surface area contributed by atoms with Crippen LogP contribution in [-0.4, -0.2) is 20.3 Å². The molecule has 0 bridgehead atoms. The molecular formula is C24H15Cl2N3O2. The van der Waals surface area contributed by atoms with Crippen molar-refractivity contribution in [1.29, 1.82) is 0 Å². The van der Waals surface area contributed by atoms with E-state index < -0.39 is 0 Å². The van der Waals surface area contributed by atoms with E-state index in [4.69, 9.17) is 27.6 Å². The van der Waals surface area contributed by atoms with E-state index in [-0.39, 0.29) is 17.4 Å². The molecule has 5 rings (SSSR count). The van der Waals surface area contributed by atoms with Crippen molar-refractivity contribution in [3.05, 3.63) is 106 Å². The third-order valence-corrected chi connectivity index (χ3v) is 5.65. The molecule has 7 heteroatoms. The third-order valence-electron chi connectivity index (χ3n) is 5.00. The van der Waals surface area contributed by atoms with Crippen molar-refractivity contribution in [3.63, 3.8) is 0 Å². The predicted molar refractivity (Wildman–Crippen MR) is 121 cm³/mol. The van der Waals surface area contributed by atoms with Crippen LogP contribution in [0.2, 0.25) is 10.2 Å². The number of pyridine rings is 1. The van der Waals surface area contributed by atoms with Crippen molar-refractivity contribution in [1.82, 2.24) is 14.5 Å². The van der Waals surface area contributed by atoms with Crippen LogP contribution in [0.15, 0.2) is 83.5 Å². The molecule has 31 heavy (non-hydrogen) atoms. The molecule has 0 aliphatic rings. The molecule has 0 fully saturated rings. The van der Waals surface area contributed by atoms with E-state index in [1.807, 2.05) is 59.2 Å². The highest BCUT2D eigenvalue weighted by Gasteiger charge is 2.25. The highest BCUT2D eigenvalue weighted by atomic mass is 35.5. The number of rotatable bonds is 5. The van der Waals surface area contributed by atoms with Crippen LogP contribution in [0.25, 0.3) is 22.5 Å². The molecule has 0 amide bonds. The molecule has 0 N–H and O–H groups in total. The average Bonchev–Trinajstić information content (AvgIpc) is 3.40. The summed E-state index contributed by atoms with van der Waals surface area (Å²) >= 11 is 12.7. The molecule has 0 atom stereocenters. The van der Waals surface area contributed by atoms with Gasteiger partial charge >= 0.3 is 0 Å². The SMILES string of the molecule is O=C(c1cnc(-c2ccccn2)o1)c1c(Cl)n(Cc2ccc(Cl)cc2)c2ccccc12. The van der Waals surface area contributed by atoms with Crippen LogP contribution in [0.4, 0.5) is 0 Å². The fraction of sp³-hybridized carbons (Fsp3) is 0.0417. The highest BCUT2D eigenvalue weighted by Crippen LogP contribution is 2.33. The van der Waals surface area contributed by atoms with Crippen LogP contribution in [-0.2, 0) is 6.54 Å². The van der Waals surface area contributed by atoms with Gasteiger partial charge in [-0.2, -0.15) is 0 Å². The number of nitrogens with zero attached hydrogens (tertiary/aromatic N) is 3. The van der Waals surface area contributed by atoms with Gasteiger partial charge in [-0.1, -0.05) is 59.6 Å². The molecule has 0 aliphatic heterocycles. The van der Waals surface area contributed by atoms with Gasteiger partial charge in [0.2, 0.25) is 11.7 Å². The Morgan fingerprint density at radius 1 is 0.935 bits per heavy atom. The Balaban J connectivity index is 1.57. The molecule has 0 aliphatic carbocycles. The van der Waals surface area contributed by atoms with Crippen molar-refractivity contribution < 1.29 is 9.21 Å². The average molecular weight is 448 g/mol. The quantitative estimate of drug-likeness (QED) is 0.297. The Bertz CT molecular complexity index is 1390. The van der Waals surface area contributed by atoms with Crippen LogP contribution in [0.3, 0.4) is 0 Å². The first-order chi connectivity index (χ1) is 15.1. The monoisotopic (exact) mass is 447 g/mol. The molecule has 3 heterocycles. The second-order valence-electron chi connectivity index (χ2n) is 6.97. The fourth-order valence-electron chi connectivity index (χ4n) is 3.53. The Labute approximate surface area is 187 Å². The van der Waals surface area contributed by atoms with Crippen LogP contribution in [0, 0.1) is 0 Å². The topological polar surface area (TPSA) is 60.9 Å². The standard InChI is InChI=1S/C24H15Cl2N3O2/c25-16-10-8-15(9-11-16)14-29-19-7-2-1-5-17(19)21(23(29)26)22(30)20-13-28-24(31-20)18-6-3-4-12-27-18/h1-13H,14H2. The highest BCUT2D eigenvalue weighted by molar-refractivity contribution is 6.37. The number of aromatic nitrogens is 3. The zero-order chi connectivity index (χ0) is 21.4. The van der Waals surface area contributed by atoms with Crippen LogP contribution in [0.1, 0.15) is 21.7 Å². The van der Waals surface area contributed by atoms with E-state index in [1.54, 1.807) is 18.3 Å². The Morgan fingerprint density at radius 2 is 1.71 bits per heavy atom. The van der Waals surface area contributed by atoms with Gasteiger partial charge in [0.05, 0.1) is 17.3 Å². The molecule has 5 aromatic rings. The lowest BCUT2D eigenvalue weighted by molar-refractivity contribution is 0.101. The lowest BCUT2D eigenvalue weighted by Gasteiger charge is -2.07. The Morgan fingerprint density at radius 3 is 2.48 bits per heavy atom. The number of carbonyl (C=O) groups is 1. The van der Waals surface area contributed by atoms with E-state index >= 15 is 0 Å². The minimum atomic E-state index is -0.328. The zero-order valence-corrected chi connectivity index (χ0v) is 17.6. The molecule has 0 spiro atoms. The van der Waals surface area contributed by atoms with Gasteiger partial charge in [-0.15, -0.1) is 0 Å². The molecule has 5 nitrogen and oxygen atoms in total. The van der Waals surface area contributed by atoms with Gasteiger partial charge in [0, 0.05) is 23.2 Å². The summed E-state index contributed by atoms with van der Waals surface area (Å²) in [5, 5.41) is 1.76. The van der Waals surface area contributed by atoms with Gasteiger partial charge in [-0.05, 0) is 35.9 Å². The molecular weight excluding hydrogens is 433 g/mol. The van der Waals surface area contributed by atoms with Gasteiger partial charge < -0.3 is 8.98 Å². The Hall–Kier alpha value is -3.41. The van der Waals surface area contributed by atoms with E-state index in [1.165, 1.54) is 6.20 Å². The summed E-state index contributed by atoms with van der Waals surface area (Å²) in [6.07, 6.45) is 3.05. The largest absolute Gasteiger partial charge is 0.431 e. The van der Waals surface area contributed by atoms with E-state index in [0.717, 1.165) is 16.5 Å². The van der Waals surface area contributed by atoms with Crippen molar-refractivity contribution >= 4 is 39.9 Å². The van der Waals surface area contributed by atoms with Crippen LogP contribution < -0.4 is 0 Å². The van der Waals surface area contributed by atoms with Gasteiger partial charge in [0.1, 0.15) is 10.8 Å². The smallest absolute Gasteiger partial charge is 0.245 e. The van der Waals surface area contributed by atoms with Crippen LogP contribution >= 0.6 is 23.2 Å². The first kappa shape index (κ1) is 19.5. The molecule has 152 valence electrons. The minimum Gasteiger partial charge on any atom is -0.431 e. The van der Waals surface area contributed by atoms with E-state index in [9.17, 15) is 4.79 Å². The molecule has 0 radical (unpaired) electrons. The second kappa shape index (κ2) is 8.02. The number of para-hydroxylation sites is 1. The van der Waals surface area contributed by atoms with E-state index in [2.05, 4.69) is 9.97 Å².